The van der Waals surface area contributed by atoms with Crippen LogP contribution in [0.4, 0.5) is 5.69 Å². The summed E-state index contributed by atoms with van der Waals surface area (Å²) in [6.45, 7) is 0. The molecule has 3 aromatic carbocycles. The van der Waals surface area contributed by atoms with Gasteiger partial charge in [0.25, 0.3) is 5.91 Å². The van der Waals surface area contributed by atoms with Gasteiger partial charge in [0.1, 0.15) is 0 Å². The maximum Gasteiger partial charge on any atom is 0.257 e. The second-order valence-electron chi connectivity index (χ2n) is 6.25. The normalized spacial score (nSPS) is 11.6. The Balaban J connectivity index is 1.76. The number of primary sulfonamides is 1. The van der Waals surface area contributed by atoms with Crippen molar-refractivity contribution < 1.29 is 13.2 Å². The van der Waals surface area contributed by atoms with Gasteiger partial charge in [-0.25, -0.2) is 13.6 Å². The molecule has 0 aliphatic heterocycles. The van der Waals surface area contributed by atoms with Crippen LogP contribution in [0.5, 0.6) is 0 Å². The quantitative estimate of drug-likeness (QED) is 0.463. The number of benzene rings is 3. The molecule has 0 spiro atoms. The molecule has 1 aromatic heterocycles. The predicted molar refractivity (Wildman–Crippen MR) is 108 cm³/mol. The maximum atomic E-state index is 12.8. The van der Waals surface area contributed by atoms with Gasteiger partial charge in [-0.1, -0.05) is 18.2 Å². The molecule has 0 saturated carbocycles. The summed E-state index contributed by atoms with van der Waals surface area (Å²) < 4.78 is 22.7. The number of sulfonamides is 1. The molecule has 1 amide bonds. The summed E-state index contributed by atoms with van der Waals surface area (Å²) in [6, 6.07) is 17.5. The van der Waals surface area contributed by atoms with E-state index in [2.05, 4.69) is 10.3 Å². The summed E-state index contributed by atoms with van der Waals surface area (Å²) in [5.41, 5.74) is 1.62. The highest BCUT2D eigenvalue weighted by Gasteiger charge is 2.14. The van der Waals surface area contributed by atoms with E-state index in [0.29, 0.717) is 33.1 Å². The number of hydrogen-bond acceptors (Lipinski definition) is 4. The molecule has 1 heterocycles. The Labute approximate surface area is 159 Å². The molecular formula is C20H15N3O4S. The van der Waals surface area contributed by atoms with E-state index in [1.165, 1.54) is 24.3 Å². The molecule has 140 valence electrons. The van der Waals surface area contributed by atoms with Crippen molar-refractivity contribution in [3.05, 3.63) is 82.5 Å². The molecule has 0 fully saturated rings. The Morgan fingerprint density at radius 1 is 0.893 bits per heavy atom. The summed E-state index contributed by atoms with van der Waals surface area (Å²) in [5.74, 6) is -0.431. The van der Waals surface area contributed by atoms with Gasteiger partial charge < -0.3 is 10.3 Å². The van der Waals surface area contributed by atoms with Crippen molar-refractivity contribution in [2.75, 3.05) is 5.32 Å². The lowest BCUT2D eigenvalue weighted by molar-refractivity contribution is 0.102. The van der Waals surface area contributed by atoms with Gasteiger partial charge in [0, 0.05) is 22.0 Å². The van der Waals surface area contributed by atoms with Crippen LogP contribution in [0.25, 0.3) is 21.8 Å². The first-order chi connectivity index (χ1) is 13.3. The van der Waals surface area contributed by atoms with Crippen molar-refractivity contribution in [3.63, 3.8) is 0 Å². The fraction of sp³-hybridized carbons (Fsp3) is 0. The van der Waals surface area contributed by atoms with Crippen LogP contribution in [0.2, 0.25) is 0 Å². The highest BCUT2D eigenvalue weighted by molar-refractivity contribution is 7.89. The van der Waals surface area contributed by atoms with Crippen molar-refractivity contribution in [1.29, 1.82) is 0 Å². The van der Waals surface area contributed by atoms with Crippen LogP contribution in [0, 0.1) is 0 Å². The molecule has 8 heteroatoms. The molecule has 0 atom stereocenters. The third kappa shape index (κ3) is 3.15. The van der Waals surface area contributed by atoms with Gasteiger partial charge in [-0.3, -0.25) is 9.59 Å². The van der Waals surface area contributed by atoms with Gasteiger partial charge in [0.2, 0.25) is 10.0 Å². The van der Waals surface area contributed by atoms with Crippen LogP contribution < -0.4 is 15.9 Å². The van der Waals surface area contributed by atoms with Gasteiger partial charge in [-0.15, -0.1) is 0 Å². The van der Waals surface area contributed by atoms with E-state index in [9.17, 15) is 18.0 Å². The maximum absolute atomic E-state index is 12.8. The van der Waals surface area contributed by atoms with Crippen LogP contribution in [0.3, 0.4) is 0 Å². The van der Waals surface area contributed by atoms with E-state index in [1.54, 1.807) is 42.5 Å². The molecule has 0 aliphatic rings. The molecule has 4 aromatic rings. The van der Waals surface area contributed by atoms with Crippen LogP contribution in [-0.4, -0.2) is 19.3 Å². The number of rotatable bonds is 3. The van der Waals surface area contributed by atoms with Gasteiger partial charge >= 0.3 is 0 Å². The average Bonchev–Trinajstić information content (AvgIpc) is 2.67. The number of carbonyl (C=O) groups is 1. The number of para-hydroxylation sites is 2. The largest absolute Gasteiger partial charge is 0.354 e. The van der Waals surface area contributed by atoms with Gasteiger partial charge in [0.15, 0.2) is 5.43 Å². The van der Waals surface area contributed by atoms with E-state index >= 15 is 0 Å². The highest BCUT2D eigenvalue weighted by atomic mass is 32.2. The third-order valence-electron chi connectivity index (χ3n) is 4.43. The number of nitrogens with two attached hydrogens (primary N) is 1. The summed E-state index contributed by atoms with van der Waals surface area (Å²) in [7, 11) is -3.81. The summed E-state index contributed by atoms with van der Waals surface area (Å²) >= 11 is 0. The zero-order chi connectivity index (χ0) is 19.9. The van der Waals surface area contributed by atoms with Crippen molar-refractivity contribution in [1.82, 2.24) is 4.98 Å². The number of fused-ring (bicyclic) bond motifs is 2. The lowest BCUT2D eigenvalue weighted by Gasteiger charge is -2.10. The monoisotopic (exact) mass is 393 g/mol. The molecular weight excluding hydrogens is 378 g/mol. The number of amides is 1. The molecule has 7 nitrogen and oxygen atoms in total. The number of aromatic amines is 1. The molecule has 0 saturated heterocycles. The fourth-order valence-corrected chi connectivity index (χ4v) is 3.58. The molecule has 0 bridgehead atoms. The molecule has 0 unspecified atom stereocenters. The first-order valence-electron chi connectivity index (χ1n) is 8.32. The Morgan fingerprint density at radius 3 is 2.29 bits per heavy atom. The lowest BCUT2D eigenvalue weighted by Crippen LogP contribution is -2.15. The topological polar surface area (TPSA) is 122 Å². The van der Waals surface area contributed by atoms with E-state index in [4.69, 9.17) is 5.14 Å². The molecule has 28 heavy (non-hydrogen) atoms. The van der Waals surface area contributed by atoms with Gasteiger partial charge in [-0.05, 0) is 48.5 Å². The summed E-state index contributed by atoms with van der Waals surface area (Å²) in [4.78, 5) is 28.6. The number of anilines is 1. The number of aromatic nitrogens is 1. The standard InChI is InChI=1S/C20H15N3O4S/c21-28(26,27)13-10-8-12(9-11-13)22-20(25)16-6-3-5-15-18(16)23-17-7-2-1-4-14(17)19(15)24/h1-11H,(H,22,25)(H,23,24)(H2,21,26,27). The number of nitrogens with one attached hydrogen (secondary N) is 2. The van der Waals surface area contributed by atoms with Crippen LogP contribution >= 0.6 is 0 Å². The Kier molecular flexibility index (Phi) is 4.21. The molecule has 4 rings (SSSR count). The summed E-state index contributed by atoms with van der Waals surface area (Å²) in [6.07, 6.45) is 0. The summed E-state index contributed by atoms with van der Waals surface area (Å²) in [5, 5.41) is 8.73. The van der Waals surface area contributed by atoms with E-state index in [-0.39, 0.29) is 10.3 Å². The Hall–Kier alpha value is -3.49. The smallest absolute Gasteiger partial charge is 0.257 e. The van der Waals surface area contributed by atoms with Gasteiger partial charge in [0.05, 0.1) is 16.0 Å². The first-order valence-corrected chi connectivity index (χ1v) is 9.87. The van der Waals surface area contributed by atoms with Crippen LogP contribution in [0.15, 0.2) is 76.4 Å². The first kappa shape index (κ1) is 17.9. The average molecular weight is 393 g/mol. The molecule has 0 aliphatic carbocycles. The van der Waals surface area contributed by atoms with E-state index in [1.807, 2.05) is 0 Å². The van der Waals surface area contributed by atoms with Gasteiger partial charge in [-0.2, -0.15) is 0 Å². The minimum Gasteiger partial charge on any atom is -0.354 e. The highest BCUT2D eigenvalue weighted by Crippen LogP contribution is 2.20. The van der Waals surface area contributed by atoms with Crippen molar-refractivity contribution in [3.8, 4) is 0 Å². The minimum atomic E-state index is -3.81. The Morgan fingerprint density at radius 2 is 1.57 bits per heavy atom. The zero-order valence-electron chi connectivity index (χ0n) is 14.5. The van der Waals surface area contributed by atoms with Crippen molar-refractivity contribution >= 4 is 43.4 Å². The zero-order valence-corrected chi connectivity index (χ0v) is 15.3. The molecule has 0 radical (unpaired) electrons. The van der Waals surface area contributed by atoms with Crippen molar-refractivity contribution in [2.24, 2.45) is 5.14 Å². The number of carbonyl (C=O) groups excluding carboxylic acids is 1. The number of hydrogen-bond donors (Lipinski definition) is 3. The number of pyridine rings is 1. The SMILES string of the molecule is NS(=O)(=O)c1ccc(NC(=O)c2cccc3c(=O)c4ccccc4[nH]c23)cc1. The second-order valence-corrected chi connectivity index (χ2v) is 7.81. The minimum absolute atomic E-state index is 0.0496. The van der Waals surface area contributed by atoms with Crippen LogP contribution in [-0.2, 0) is 10.0 Å². The lowest BCUT2D eigenvalue weighted by atomic mass is 10.1. The molecule has 4 N–H and O–H groups in total. The predicted octanol–water partition coefficient (Wildman–Crippen LogP) is 2.58. The van der Waals surface area contributed by atoms with E-state index in [0.717, 1.165) is 0 Å². The third-order valence-corrected chi connectivity index (χ3v) is 5.36. The van der Waals surface area contributed by atoms with E-state index < -0.39 is 15.9 Å². The van der Waals surface area contributed by atoms with Crippen molar-refractivity contribution in [2.45, 2.75) is 4.90 Å². The number of H-pyrrole nitrogens is 1. The second kappa shape index (κ2) is 6.59. The fourth-order valence-electron chi connectivity index (χ4n) is 3.06. The Bertz CT molecular complexity index is 1390. The van der Waals surface area contributed by atoms with Crippen LogP contribution in [0.1, 0.15) is 10.4 Å².